The highest BCUT2D eigenvalue weighted by Gasteiger charge is 2.36. The van der Waals surface area contributed by atoms with E-state index in [-0.39, 0.29) is 5.95 Å². The molecule has 0 atom stereocenters. The summed E-state index contributed by atoms with van der Waals surface area (Å²) in [5.74, 6) is -1.47. The van der Waals surface area contributed by atoms with E-state index in [0.717, 1.165) is 21.6 Å². The van der Waals surface area contributed by atoms with Crippen LogP contribution in [0.15, 0.2) is 66.9 Å². The van der Waals surface area contributed by atoms with E-state index < -0.39 is 24.3 Å². The molecule has 0 saturated heterocycles. The van der Waals surface area contributed by atoms with Crippen molar-refractivity contribution < 1.29 is 19.1 Å². The Morgan fingerprint density at radius 2 is 1.61 bits per heavy atom. The molecule has 0 saturated carbocycles. The van der Waals surface area contributed by atoms with Crippen LogP contribution in [0.3, 0.4) is 0 Å². The molecule has 0 fully saturated rings. The van der Waals surface area contributed by atoms with Gasteiger partial charge in [0.1, 0.15) is 6.54 Å². The number of rotatable bonds is 6. The lowest BCUT2D eigenvalue weighted by molar-refractivity contribution is -0.116. The fraction of sp³-hybridized carbons (Fsp3) is 0.125. The van der Waals surface area contributed by atoms with E-state index in [0.29, 0.717) is 23.4 Å². The lowest BCUT2D eigenvalue weighted by atomic mass is 10.0. The molecule has 5 rings (SSSR count). The summed E-state index contributed by atoms with van der Waals surface area (Å²) in [6.45, 7) is 0.0578. The monoisotopic (exact) mass is 441 g/mol. The first-order valence-corrected chi connectivity index (χ1v) is 10.2. The van der Waals surface area contributed by atoms with E-state index in [1.807, 2.05) is 36.5 Å². The first-order valence-electron chi connectivity index (χ1n) is 10.2. The van der Waals surface area contributed by atoms with Crippen LogP contribution >= 0.6 is 0 Å². The number of benzene rings is 2. The van der Waals surface area contributed by atoms with Crippen molar-refractivity contribution in [3.63, 3.8) is 0 Å². The maximum atomic E-state index is 12.5. The molecule has 1 aliphatic heterocycles. The maximum absolute atomic E-state index is 12.5. The molecule has 33 heavy (non-hydrogen) atoms. The van der Waals surface area contributed by atoms with Gasteiger partial charge in [-0.2, -0.15) is 4.98 Å². The highest BCUT2D eigenvalue weighted by atomic mass is 16.5. The standard InChI is InChI=1S/C24H19N5O4/c1-33-14-16-6-2-3-7-17(16)15-10-11-20-25-24(27-29(20)12-15)26-21(30)13-28-22(31)18-8-4-5-9-19(18)23(28)32/h2-12H,13-14H2,1H3,(H,26,27,30). The van der Waals surface area contributed by atoms with Crippen LogP contribution in [0.4, 0.5) is 5.95 Å². The molecule has 9 heteroatoms. The number of carbonyl (C=O) groups is 3. The van der Waals surface area contributed by atoms with Crippen LogP contribution in [0.5, 0.6) is 0 Å². The molecule has 0 aliphatic carbocycles. The van der Waals surface area contributed by atoms with Crippen LogP contribution in [0.25, 0.3) is 16.8 Å². The summed E-state index contributed by atoms with van der Waals surface area (Å²) in [6, 6.07) is 18.1. The van der Waals surface area contributed by atoms with Crippen molar-refractivity contribution >= 4 is 29.3 Å². The molecular formula is C24H19N5O4. The highest BCUT2D eigenvalue weighted by molar-refractivity contribution is 6.22. The molecule has 9 nitrogen and oxygen atoms in total. The van der Waals surface area contributed by atoms with Crippen LogP contribution in [0.1, 0.15) is 26.3 Å². The zero-order valence-corrected chi connectivity index (χ0v) is 17.7. The fourth-order valence-electron chi connectivity index (χ4n) is 3.87. The summed E-state index contributed by atoms with van der Waals surface area (Å²) in [4.78, 5) is 42.7. The average molecular weight is 441 g/mol. The van der Waals surface area contributed by atoms with Gasteiger partial charge in [0.15, 0.2) is 5.65 Å². The normalized spacial score (nSPS) is 12.9. The van der Waals surface area contributed by atoms with Crippen LogP contribution in [0.2, 0.25) is 0 Å². The number of aromatic nitrogens is 3. The number of methoxy groups -OCH3 is 1. The first-order chi connectivity index (χ1) is 16.0. The van der Waals surface area contributed by atoms with Gasteiger partial charge in [-0.3, -0.25) is 24.6 Å². The van der Waals surface area contributed by atoms with E-state index in [1.54, 1.807) is 42.0 Å². The van der Waals surface area contributed by atoms with Gasteiger partial charge in [0, 0.05) is 18.9 Å². The van der Waals surface area contributed by atoms with Crippen LogP contribution in [-0.4, -0.2) is 50.9 Å². The van der Waals surface area contributed by atoms with Gasteiger partial charge in [-0.15, -0.1) is 5.10 Å². The molecule has 1 N–H and O–H groups in total. The van der Waals surface area contributed by atoms with Gasteiger partial charge >= 0.3 is 0 Å². The number of anilines is 1. The van der Waals surface area contributed by atoms with E-state index in [1.165, 1.54) is 0 Å². The summed E-state index contributed by atoms with van der Waals surface area (Å²) in [5.41, 5.74) is 4.09. The number of imide groups is 1. The number of nitrogens with one attached hydrogen (secondary N) is 1. The Morgan fingerprint density at radius 1 is 0.939 bits per heavy atom. The van der Waals surface area contributed by atoms with Crippen LogP contribution in [-0.2, 0) is 16.1 Å². The third kappa shape index (κ3) is 3.74. The lowest BCUT2D eigenvalue weighted by Gasteiger charge is -2.12. The molecule has 3 heterocycles. The zero-order valence-electron chi connectivity index (χ0n) is 17.7. The molecule has 0 spiro atoms. The molecule has 1 aliphatic rings. The molecule has 0 bridgehead atoms. The van der Waals surface area contributed by atoms with Crippen LogP contribution < -0.4 is 5.32 Å². The second-order valence-electron chi connectivity index (χ2n) is 7.54. The molecule has 3 amide bonds. The molecule has 4 aromatic rings. The van der Waals surface area contributed by atoms with Crippen molar-refractivity contribution in [1.82, 2.24) is 19.5 Å². The number of carbonyl (C=O) groups excluding carboxylic acids is 3. The summed E-state index contributed by atoms with van der Waals surface area (Å²) < 4.78 is 6.85. The van der Waals surface area contributed by atoms with Crippen molar-refractivity contribution in [3.05, 3.63) is 83.6 Å². The minimum absolute atomic E-state index is 0.0823. The zero-order chi connectivity index (χ0) is 22.9. The topological polar surface area (TPSA) is 106 Å². The third-order valence-corrected chi connectivity index (χ3v) is 5.39. The summed E-state index contributed by atoms with van der Waals surface area (Å²) >= 11 is 0. The van der Waals surface area contributed by atoms with Crippen LogP contribution in [0, 0.1) is 0 Å². The number of pyridine rings is 1. The van der Waals surface area contributed by atoms with Gasteiger partial charge in [-0.1, -0.05) is 36.4 Å². The predicted octanol–water partition coefficient (Wildman–Crippen LogP) is 2.78. The average Bonchev–Trinajstić information content (AvgIpc) is 3.33. The number of ether oxygens (including phenoxy) is 1. The Balaban J connectivity index is 1.34. The Bertz CT molecular complexity index is 1380. The number of amides is 3. The van der Waals surface area contributed by atoms with Gasteiger partial charge in [0.05, 0.1) is 17.7 Å². The number of fused-ring (bicyclic) bond motifs is 2. The Labute approximate surface area is 188 Å². The molecular weight excluding hydrogens is 422 g/mol. The number of nitrogens with zero attached hydrogens (tertiary/aromatic N) is 4. The lowest BCUT2D eigenvalue weighted by Crippen LogP contribution is -2.37. The first kappa shape index (κ1) is 20.5. The minimum Gasteiger partial charge on any atom is -0.380 e. The van der Waals surface area contributed by atoms with Gasteiger partial charge in [-0.05, 0) is 35.4 Å². The van der Waals surface area contributed by atoms with Crippen molar-refractivity contribution in [2.45, 2.75) is 6.61 Å². The fourth-order valence-corrected chi connectivity index (χ4v) is 3.87. The van der Waals surface area contributed by atoms with Gasteiger partial charge in [-0.25, -0.2) is 4.52 Å². The van der Waals surface area contributed by atoms with E-state index in [9.17, 15) is 14.4 Å². The Hall–Kier alpha value is -4.37. The maximum Gasteiger partial charge on any atom is 0.262 e. The molecule has 2 aromatic heterocycles. The SMILES string of the molecule is COCc1ccccc1-c1ccc2nc(NC(=O)CN3C(=O)c4ccccc4C3=O)nn2c1. The van der Waals surface area contributed by atoms with E-state index in [2.05, 4.69) is 15.4 Å². The van der Waals surface area contributed by atoms with E-state index in [4.69, 9.17) is 4.74 Å². The van der Waals surface area contributed by atoms with Crippen molar-refractivity contribution in [2.24, 2.45) is 0 Å². The van der Waals surface area contributed by atoms with Gasteiger partial charge in [0.2, 0.25) is 11.9 Å². The molecule has 2 aromatic carbocycles. The predicted molar refractivity (Wildman–Crippen MR) is 120 cm³/mol. The molecule has 164 valence electrons. The third-order valence-electron chi connectivity index (χ3n) is 5.39. The van der Waals surface area contributed by atoms with Gasteiger partial charge in [0.25, 0.3) is 11.8 Å². The number of hydrogen-bond donors (Lipinski definition) is 1. The molecule has 0 unspecified atom stereocenters. The summed E-state index contributed by atoms with van der Waals surface area (Å²) in [6.07, 6.45) is 1.82. The van der Waals surface area contributed by atoms with Crippen molar-refractivity contribution in [3.8, 4) is 11.1 Å². The summed E-state index contributed by atoms with van der Waals surface area (Å²) in [5, 5.41) is 6.89. The minimum atomic E-state index is -0.564. The quantitative estimate of drug-likeness (QED) is 0.461. The Morgan fingerprint density at radius 3 is 2.30 bits per heavy atom. The van der Waals surface area contributed by atoms with Crippen molar-refractivity contribution in [1.29, 1.82) is 0 Å². The summed E-state index contributed by atoms with van der Waals surface area (Å²) in [7, 11) is 1.65. The number of hydrogen-bond acceptors (Lipinski definition) is 6. The van der Waals surface area contributed by atoms with Gasteiger partial charge < -0.3 is 4.74 Å². The second-order valence-corrected chi connectivity index (χ2v) is 7.54. The largest absolute Gasteiger partial charge is 0.380 e. The Kier molecular flexibility index (Phi) is 5.15. The van der Waals surface area contributed by atoms with Crippen molar-refractivity contribution in [2.75, 3.05) is 19.0 Å². The van der Waals surface area contributed by atoms with E-state index >= 15 is 0 Å². The smallest absolute Gasteiger partial charge is 0.262 e. The molecule has 0 radical (unpaired) electrons. The second kappa shape index (κ2) is 8.29. The highest BCUT2D eigenvalue weighted by Crippen LogP contribution is 2.25.